The van der Waals surface area contributed by atoms with E-state index in [-0.39, 0.29) is 12.0 Å². The smallest absolute Gasteiger partial charge is 0.272 e. The summed E-state index contributed by atoms with van der Waals surface area (Å²) in [6, 6.07) is 15.0. The lowest BCUT2D eigenvalue weighted by Gasteiger charge is -2.18. The molecule has 1 amide bonds. The number of hydrogen-bond donors (Lipinski definition) is 2. The number of H-pyrrole nitrogens is 1. The van der Waals surface area contributed by atoms with Crippen LogP contribution in [0.4, 0.5) is 11.4 Å². The van der Waals surface area contributed by atoms with Crippen molar-refractivity contribution in [1.29, 1.82) is 0 Å². The van der Waals surface area contributed by atoms with Crippen molar-refractivity contribution in [2.75, 3.05) is 30.4 Å². The van der Waals surface area contributed by atoms with E-state index in [0.717, 1.165) is 41.9 Å². The van der Waals surface area contributed by atoms with Crippen LogP contribution in [0.15, 0.2) is 67.1 Å². The summed E-state index contributed by atoms with van der Waals surface area (Å²) in [6.45, 7) is 1.73. The Labute approximate surface area is 185 Å². The maximum absolute atomic E-state index is 12.6. The topological polar surface area (TPSA) is 92.4 Å². The molecule has 2 N–H and O–H groups in total. The van der Waals surface area contributed by atoms with Crippen molar-refractivity contribution in [2.45, 2.75) is 12.5 Å². The summed E-state index contributed by atoms with van der Waals surface area (Å²) in [5.74, 6) is 1.05. The molecule has 0 spiro atoms. The van der Waals surface area contributed by atoms with Gasteiger partial charge in [0.1, 0.15) is 17.5 Å². The van der Waals surface area contributed by atoms with Crippen molar-refractivity contribution in [3.8, 4) is 11.6 Å². The standard InChI is InChI=1S/C24H23N5O3/c1-31-19-3-4-21-16(12-19)13-22(28-21)24(30)27-17-2-5-23(26-14-17)32-20-8-11-29(15-20)18-6-9-25-10-7-18/h2-7,9-10,12-14,20,28H,8,11,15H2,1H3,(H,27,30). The molecule has 3 aromatic heterocycles. The fourth-order valence-corrected chi connectivity index (χ4v) is 3.87. The van der Waals surface area contributed by atoms with Gasteiger partial charge in [-0.25, -0.2) is 4.98 Å². The van der Waals surface area contributed by atoms with Crippen LogP contribution in [0, 0.1) is 0 Å². The number of aromatic nitrogens is 3. The Morgan fingerprint density at radius 1 is 1.16 bits per heavy atom. The molecular formula is C24H23N5O3. The number of anilines is 2. The van der Waals surface area contributed by atoms with E-state index >= 15 is 0 Å². The third kappa shape index (κ3) is 4.20. The largest absolute Gasteiger partial charge is 0.497 e. The monoisotopic (exact) mass is 429 g/mol. The van der Waals surface area contributed by atoms with Crippen LogP contribution in [0.1, 0.15) is 16.9 Å². The second kappa shape index (κ2) is 8.58. The number of nitrogens with one attached hydrogen (secondary N) is 2. The average Bonchev–Trinajstić information content (AvgIpc) is 3.47. The number of benzene rings is 1. The van der Waals surface area contributed by atoms with Crippen molar-refractivity contribution in [1.82, 2.24) is 15.0 Å². The van der Waals surface area contributed by atoms with Gasteiger partial charge in [-0.15, -0.1) is 0 Å². The zero-order valence-corrected chi connectivity index (χ0v) is 17.6. The highest BCUT2D eigenvalue weighted by molar-refractivity contribution is 6.06. The van der Waals surface area contributed by atoms with Gasteiger partial charge >= 0.3 is 0 Å². The molecule has 1 aliphatic heterocycles. The molecule has 4 heterocycles. The van der Waals surface area contributed by atoms with Crippen molar-refractivity contribution < 1.29 is 14.3 Å². The number of carbonyl (C=O) groups is 1. The van der Waals surface area contributed by atoms with Crippen LogP contribution >= 0.6 is 0 Å². The third-order valence-electron chi connectivity index (χ3n) is 5.53. The van der Waals surface area contributed by atoms with E-state index in [1.54, 1.807) is 43.9 Å². The van der Waals surface area contributed by atoms with Crippen LogP contribution in [0.25, 0.3) is 10.9 Å². The van der Waals surface area contributed by atoms with Gasteiger partial charge in [-0.05, 0) is 42.5 Å². The van der Waals surface area contributed by atoms with E-state index < -0.39 is 0 Å². The minimum absolute atomic E-state index is 0.0689. The molecule has 1 fully saturated rings. The zero-order chi connectivity index (χ0) is 21.9. The molecule has 5 rings (SSSR count). The molecule has 0 radical (unpaired) electrons. The Morgan fingerprint density at radius 3 is 2.81 bits per heavy atom. The predicted octanol–water partition coefficient (Wildman–Crippen LogP) is 3.88. The number of methoxy groups -OCH3 is 1. The summed E-state index contributed by atoms with van der Waals surface area (Å²) in [5, 5.41) is 3.77. The molecule has 1 unspecified atom stereocenters. The molecular weight excluding hydrogens is 406 g/mol. The average molecular weight is 429 g/mol. The summed E-state index contributed by atoms with van der Waals surface area (Å²) in [6.07, 6.45) is 6.19. The van der Waals surface area contributed by atoms with Gasteiger partial charge in [-0.3, -0.25) is 9.78 Å². The lowest BCUT2D eigenvalue weighted by atomic mass is 10.2. The quantitative estimate of drug-likeness (QED) is 0.483. The SMILES string of the molecule is COc1ccc2[nH]c(C(=O)Nc3ccc(OC4CCN(c5ccncc5)C4)nc3)cc2c1. The number of carbonyl (C=O) groups excluding carboxylic acids is 1. The van der Waals surface area contributed by atoms with Crippen LogP contribution in [-0.2, 0) is 0 Å². The minimum Gasteiger partial charge on any atom is -0.497 e. The van der Waals surface area contributed by atoms with Gasteiger partial charge in [0.2, 0.25) is 5.88 Å². The zero-order valence-electron chi connectivity index (χ0n) is 17.6. The Bertz CT molecular complexity index is 1220. The van der Waals surface area contributed by atoms with Crippen LogP contribution in [0.5, 0.6) is 11.6 Å². The predicted molar refractivity (Wildman–Crippen MR) is 123 cm³/mol. The summed E-state index contributed by atoms with van der Waals surface area (Å²) >= 11 is 0. The Kier molecular flexibility index (Phi) is 5.33. The van der Waals surface area contributed by atoms with Gasteiger partial charge in [0.25, 0.3) is 5.91 Å². The van der Waals surface area contributed by atoms with Gasteiger partial charge in [0.15, 0.2) is 0 Å². The Balaban J connectivity index is 1.19. The van der Waals surface area contributed by atoms with Crippen molar-refractivity contribution in [3.05, 3.63) is 72.8 Å². The number of nitrogens with zero attached hydrogens (tertiary/aromatic N) is 3. The van der Waals surface area contributed by atoms with Crippen LogP contribution in [0.2, 0.25) is 0 Å². The molecule has 0 saturated carbocycles. The lowest BCUT2D eigenvalue weighted by Crippen LogP contribution is -2.24. The molecule has 4 aromatic rings. The molecule has 0 bridgehead atoms. The number of aromatic amines is 1. The lowest BCUT2D eigenvalue weighted by molar-refractivity contribution is 0.102. The van der Waals surface area contributed by atoms with E-state index in [1.807, 2.05) is 30.3 Å². The number of pyridine rings is 2. The first kappa shape index (κ1) is 19.9. The van der Waals surface area contributed by atoms with Crippen LogP contribution < -0.4 is 19.7 Å². The second-order valence-electron chi connectivity index (χ2n) is 7.66. The fourth-order valence-electron chi connectivity index (χ4n) is 3.87. The van der Waals surface area contributed by atoms with Crippen LogP contribution in [-0.4, -0.2) is 47.2 Å². The van der Waals surface area contributed by atoms with Gasteiger partial charge < -0.3 is 24.7 Å². The molecule has 1 aromatic carbocycles. The summed E-state index contributed by atoms with van der Waals surface area (Å²) < 4.78 is 11.3. The Hall–Kier alpha value is -4.07. The van der Waals surface area contributed by atoms with Crippen molar-refractivity contribution in [3.63, 3.8) is 0 Å². The number of fused-ring (bicyclic) bond motifs is 1. The van der Waals surface area contributed by atoms with E-state index in [4.69, 9.17) is 9.47 Å². The first-order chi connectivity index (χ1) is 15.7. The van der Waals surface area contributed by atoms with E-state index in [1.165, 1.54) is 0 Å². The third-order valence-corrected chi connectivity index (χ3v) is 5.53. The maximum atomic E-state index is 12.6. The minimum atomic E-state index is -0.237. The van der Waals surface area contributed by atoms with Crippen molar-refractivity contribution in [2.24, 2.45) is 0 Å². The van der Waals surface area contributed by atoms with Gasteiger partial charge in [0, 0.05) is 48.0 Å². The second-order valence-corrected chi connectivity index (χ2v) is 7.66. The molecule has 32 heavy (non-hydrogen) atoms. The normalized spacial score (nSPS) is 15.7. The summed E-state index contributed by atoms with van der Waals surface area (Å²) in [5.41, 5.74) is 3.09. The van der Waals surface area contributed by atoms with E-state index in [0.29, 0.717) is 17.3 Å². The van der Waals surface area contributed by atoms with E-state index in [2.05, 4.69) is 25.2 Å². The molecule has 1 aliphatic rings. The molecule has 1 atom stereocenters. The number of hydrogen-bond acceptors (Lipinski definition) is 6. The van der Waals surface area contributed by atoms with Gasteiger partial charge in [0.05, 0.1) is 25.5 Å². The number of amides is 1. The highest BCUT2D eigenvalue weighted by Crippen LogP contribution is 2.24. The molecule has 1 saturated heterocycles. The molecule has 8 heteroatoms. The summed E-state index contributed by atoms with van der Waals surface area (Å²) in [7, 11) is 1.62. The molecule has 0 aliphatic carbocycles. The highest BCUT2D eigenvalue weighted by Gasteiger charge is 2.24. The van der Waals surface area contributed by atoms with Crippen molar-refractivity contribution >= 4 is 28.2 Å². The fraction of sp³-hybridized carbons (Fsp3) is 0.208. The molecule has 162 valence electrons. The van der Waals surface area contributed by atoms with Gasteiger partial charge in [-0.2, -0.15) is 0 Å². The Morgan fingerprint density at radius 2 is 2.03 bits per heavy atom. The summed E-state index contributed by atoms with van der Waals surface area (Å²) in [4.78, 5) is 26.5. The maximum Gasteiger partial charge on any atom is 0.272 e. The molecule has 8 nitrogen and oxygen atoms in total. The van der Waals surface area contributed by atoms with E-state index in [9.17, 15) is 4.79 Å². The highest BCUT2D eigenvalue weighted by atomic mass is 16.5. The first-order valence-electron chi connectivity index (χ1n) is 10.4. The number of ether oxygens (including phenoxy) is 2. The van der Waals surface area contributed by atoms with Gasteiger partial charge in [-0.1, -0.05) is 0 Å². The van der Waals surface area contributed by atoms with Crippen LogP contribution in [0.3, 0.4) is 0 Å². The number of rotatable bonds is 6. The first-order valence-corrected chi connectivity index (χ1v) is 10.4.